The molecule has 2 aromatic carbocycles. The van der Waals surface area contributed by atoms with Crippen LogP contribution in [0.2, 0.25) is 0 Å². The average Bonchev–Trinajstić information content (AvgIpc) is 2.74. The summed E-state index contributed by atoms with van der Waals surface area (Å²) < 4.78 is 11.9. The van der Waals surface area contributed by atoms with E-state index >= 15 is 0 Å². The lowest BCUT2D eigenvalue weighted by molar-refractivity contribution is 0.287. The van der Waals surface area contributed by atoms with Crippen LogP contribution in [-0.2, 0) is 24.8 Å². The fraction of sp³-hybridized carbons (Fsp3) is 0.423. The van der Waals surface area contributed by atoms with Crippen molar-refractivity contribution in [1.82, 2.24) is 0 Å². The van der Waals surface area contributed by atoms with E-state index in [1.165, 1.54) is 11.1 Å². The third-order valence-electron chi connectivity index (χ3n) is 6.59. The molecule has 0 N–H and O–H groups in total. The third kappa shape index (κ3) is 3.10. The molecule has 2 heterocycles. The standard InChI is InChI=1S/C26H29NO3/c1-16-23-17(13-22-20-7-5-6-8-21(20)25(28)30-24(16)22)14-27(15-29-23)19-11-9-18(10-12-19)26(2,3)4/h9-13H,5-8,14-15H2,1-4H3. The molecule has 4 nitrogen and oxygen atoms in total. The van der Waals surface area contributed by atoms with Gasteiger partial charge >= 0.3 is 5.63 Å². The molecule has 0 saturated carbocycles. The number of anilines is 1. The SMILES string of the molecule is Cc1c2c(cc3c4c(c(=O)oc13)CCCC4)CN(c1ccc(C(C)(C)C)cc1)CO2. The summed E-state index contributed by atoms with van der Waals surface area (Å²) in [6.07, 6.45) is 3.97. The second-order valence-electron chi connectivity index (χ2n) is 9.69. The van der Waals surface area contributed by atoms with Gasteiger partial charge in [0.15, 0.2) is 6.73 Å². The smallest absolute Gasteiger partial charge is 0.339 e. The van der Waals surface area contributed by atoms with Gasteiger partial charge in [-0.25, -0.2) is 4.79 Å². The summed E-state index contributed by atoms with van der Waals surface area (Å²) in [5.41, 5.74) is 7.32. The molecule has 5 rings (SSSR count). The minimum atomic E-state index is -0.170. The summed E-state index contributed by atoms with van der Waals surface area (Å²) in [6.45, 7) is 9.98. The zero-order valence-electron chi connectivity index (χ0n) is 18.3. The van der Waals surface area contributed by atoms with E-state index in [0.29, 0.717) is 12.3 Å². The van der Waals surface area contributed by atoms with Crippen molar-refractivity contribution in [1.29, 1.82) is 0 Å². The van der Waals surface area contributed by atoms with Crippen molar-refractivity contribution < 1.29 is 9.15 Å². The Morgan fingerprint density at radius 1 is 1.00 bits per heavy atom. The van der Waals surface area contributed by atoms with E-state index in [1.807, 2.05) is 6.92 Å². The molecule has 0 bridgehead atoms. The summed E-state index contributed by atoms with van der Waals surface area (Å²) in [6, 6.07) is 11.0. The fourth-order valence-electron chi connectivity index (χ4n) is 4.84. The summed E-state index contributed by atoms with van der Waals surface area (Å²) in [7, 11) is 0. The Bertz CT molecular complexity index is 1180. The van der Waals surface area contributed by atoms with E-state index in [1.54, 1.807) is 0 Å². The molecular weight excluding hydrogens is 374 g/mol. The molecule has 0 atom stereocenters. The van der Waals surface area contributed by atoms with Crippen molar-refractivity contribution in [3.63, 3.8) is 0 Å². The Labute approximate surface area is 177 Å². The van der Waals surface area contributed by atoms with E-state index < -0.39 is 0 Å². The fourth-order valence-corrected chi connectivity index (χ4v) is 4.84. The largest absolute Gasteiger partial charge is 0.472 e. The molecule has 1 aliphatic heterocycles. The van der Waals surface area contributed by atoms with Gasteiger partial charge in [-0.05, 0) is 67.3 Å². The Kier molecular flexibility index (Phi) is 4.42. The molecule has 0 spiro atoms. The summed E-state index contributed by atoms with van der Waals surface area (Å²) in [5.74, 6) is 0.865. The summed E-state index contributed by atoms with van der Waals surface area (Å²) in [4.78, 5) is 14.8. The molecule has 4 heteroatoms. The number of aryl methyl sites for hydroxylation is 2. The molecule has 1 aliphatic carbocycles. The second-order valence-corrected chi connectivity index (χ2v) is 9.69. The van der Waals surface area contributed by atoms with Gasteiger partial charge in [-0.1, -0.05) is 32.9 Å². The minimum Gasteiger partial charge on any atom is -0.472 e. The monoisotopic (exact) mass is 403 g/mol. The van der Waals surface area contributed by atoms with Crippen LogP contribution in [0, 0.1) is 6.92 Å². The maximum absolute atomic E-state index is 12.5. The Balaban J connectivity index is 1.55. The van der Waals surface area contributed by atoms with Crippen molar-refractivity contribution in [3.05, 3.63) is 68.6 Å². The molecule has 0 fully saturated rings. The van der Waals surface area contributed by atoms with Crippen LogP contribution >= 0.6 is 0 Å². The van der Waals surface area contributed by atoms with Crippen LogP contribution in [0.5, 0.6) is 5.75 Å². The van der Waals surface area contributed by atoms with Gasteiger partial charge in [-0.3, -0.25) is 0 Å². The van der Waals surface area contributed by atoms with Gasteiger partial charge < -0.3 is 14.1 Å². The van der Waals surface area contributed by atoms with Crippen LogP contribution in [0.25, 0.3) is 11.0 Å². The van der Waals surface area contributed by atoms with Crippen molar-refractivity contribution in [2.45, 2.75) is 65.3 Å². The van der Waals surface area contributed by atoms with Crippen LogP contribution in [0.4, 0.5) is 5.69 Å². The molecule has 3 aromatic rings. The van der Waals surface area contributed by atoms with Gasteiger partial charge in [0.05, 0.1) is 0 Å². The number of benzene rings is 2. The van der Waals surface area contributed by atoms with Gasteiger partial charge in [-0.15, -0.1) is 0 Å². The van der Waals surface area contributed by atoms with E-state index in [0.717, 1.165) is 65.7 Å². The minimum absolute atomic E-state index is 0.141. The molecule has 0 amide bonds. The predicted molar refractivity (Wildman–Crippen MR) is 121 cm³/mol. The van der Waals surface area contributed by atoms with Crippen molar-refractivity contribution >= 4 is 16.7 Å². The van der Waals surface area contributed by atoms with Crippen LogP contribution in [0.3, 0.4) is 0 Å². The molecule has 0 radical (unpaired) electrons. The van der Waals surface area contributed by atoms with Crippen LogP contribution in [-0.4, -0.2) is 6.73 Å². The van der Waals surface area contributed by atoms with Crippen molar-refractivity contribution in [2.75, 3.05) is 11.6 Å². The second kappa shape index (κ2) is 6.90. The van der Waals surface area contributed by atoms with Gasteiger partial charge in [-0.2, -0.15) is 0 Å². The average molecular weight is 404 g/mol. The highest BCUT2D eigenvalue weighted by Crippen LogP contribution is 2.38. The van der Waals surface area contributed by atoms with Gasteiger partial charge in [0.2, 0.25) is 0 Å². The first-order valence-corrected chi connectivity index (χ1v) is 10.9. The summed E-state index contributed by atoms with van der Waals surface area (Å²) in [5, 5.41) is 1.09. The number of hydrogen-bond acceptors (Lipinski definition) is 4. The van der Waals surface area contributed by atoms with Crippen LogP contribution in [0.15, 0.2) is 39.5 Å². The zero-order chi connectivity index (χ0) is 21.0. The van der Waals surface area contributed by atoms with Crippen molar-refractivity contribution in [2.24, 2.45) is 0 Å². The quantitative estimate of drug-likeness (QED) is 0.494. The molecule has 30 heavy (non-hydrogen) atoms. The number of rotatable bonds is 1. The number of fused-ring (bicyclic) bond motifs is 4. The molecule has 2 aliphatic rings. The number of nitrogens with zero attached hydrogens (tertiary/aromatic N) is 1. The number of ether oxygens (including phenoxy) is 1. The van der Waals surface area contributed by atoms with Gasteiger partial charge in [0, 0.05) is 34.3 Å². The van der Waals surface area contributed by atoms with Gasteiger partial charge in [0.1, 0.15) is 11.3 Å². The lowest BCUT2D eigenvalue weighted by Gasteiger charge is -2.32. The molecule has 0 saturated heterocycles. The first-order chi connectivity index (χ1) is 14.3. The first-order valence-electron chi connectivity index (χ1n) is 10.9. The first kappa shape index (κ1) is 19.2. The Morgan fingerprint density at radius 3 is 2.40 bits per heavy atom. The van der Waals surface area contributed by atoms with Crippen LogP contribution < -0.4 is 15.3 Å². The maximum Gasteiger partial charge on any atom is 0.339 e. The molecule has 156 valence electrons. The number of hydrogen-bond donors (Lipinski definition) is 0. The topological polar surface area (TPSA) is 42.7 Å². The van der Waals surface area contributed by atoms with E-state index in [2.05, 4.69) is 56.0 Å². The maximum atomic E-state index is 12.5. The van der Waals surface area contributed by atoms with E-state index in [9.17, 15) is 4.79 Å². The molecular formula is C26H29NO3. The Hall–Kier alpha value is -2.75. The lowest BCUT2D eigenvalue weighted by Crippen LogP contribution is -2.32. The Morgan fingerprint density at radius 2 is 1.70 bits per heavy atom. The van der Waals surface area contributed by atoms with Crippen LogP contribution in [0.1, 0.15) is 61.4 Å². The van der Waals surface area contributed by atoms with Crippen molar-refractivity contribution in [3.8, 4) is 5.75 Å². The van der Waals surface area contributed by atoms with E-state index in [-0.39, 0.29) is 11.0 Å². The van der Waals surface area contributed by atoms with E-state index in [4.69, 9.17) is 9.15 Å². The summed E-state index contributed by atoms with van der Waals surface area (Å²) >= 11 is 0. The lowest BCUT2D eigenvalue weighted by atomic mass is 9.87. The predicted octanol–water partition coefficient (Wildman–Crippen LogP) is 5.63. The van der Waals surface area contributed by atoms with Gasteiger partial charge in [0.25, 0.3) is 0 Å². The highest BCUT2D eigenvalue weighted by molar-refractivity contribution is 5.87. The molecule has 0 unspecified atom stereocenters. The highest BCUT2D eigenvalue weighted by atomic mass is 16.5. The molecule has 1 aromatic heterocycles. The zero-order valence-corrected chi connectivity index (χ0v) is 18.3. The normalized spacial score (nSPS) is 16.2. The highest BCUT2D eigenvalue weighted by Gasteiger charge is 2.26. The third-order valence-corrected chi connectivity index (χ3v) is 6.59.